The van der Waals surface area contributed by atoms with Crippen LogP contribution < -0.4 is 11.3 Å². The van der Waals surface area contributed by atoms with E-state index in [1.807, 2.05) is 19.2 Å². The molecule has 0 amide bonds. The van der Waals surface area contributed by atoms with Crippen molar-refractivity contribution < 1.29 is 0 Å². The van der Waals surface area contributed by atoms with E-state index in [-0.39, 0.29) is 6.04 Å². The monoisotopic (exact) mass is 235 g/mol. The number of pyridine rings is 1. The van der Waals surface area contributed by atoms with Gasteiger partial charge < -0.3 is 0 Å². The summed E-state index contributed by atoms with van der Waals surface area (Å²) in [6, 6.07) is 4.42. The van der Waals surface area contributed by atoms with Gasteiger partial charge in [-0.2, -0.15) is 0 Å². The van der Waals surface area contributed by atoms with Crippen molar-refractivity contribution in [2.24, 2.45) is 5.84 Å². The molecule has 1 rings (SSSR count). The van der Waals surface area contributed by atoms with Gasteiger partial charge >= 0.3 is 0 Å². The summed E-state index contributed by atoms with van der Waals surface area (Å²) in [5.74, 6) is 5.63. The number of hydrazine groups is 1. The lowest BCUT2D eigenvalue weighted by atomic mass is 10.0. The molecule has 0 aromatic carbocycles. The Hall–Kier alpha value is -0.930. The van der Waals surface area contributed by atoms with Crippen molar-refractivity contribution in [1.29, 1.82) is 0 Å². The van der Waals surface area contributed by atoms with Crippen molar-refractivity contribution in [1.82, 2.24) is 10.4 Å². The van der Waals surface area contributed by atoms with Crippen LogP contribution in [-0.4, -0.2) is 4.98 Å². The zero-order valence-corrected chi connectivity index (χ0v) is 11.1. The number of hydrogen-bond donors (Lipinski definition) is 2. The van der Waals surface area contributed by atoms with Crippen molar-refractivity contribution in [2.45, 2.75) is 58.4 Å². The summed E-state index contributed by atoms with van der Waals surface area (Å²) < 4.78 is 0. The van der Waals surface area contributed by atoms with E-state index >= 15 is 0 Å². The first kappa shape index (κ1) is 14.1. The second-order valence-corrected chi connectivity index (χ2v) is 4.65. The lowest BCUT2D eigenvalue weighted by molar-refractivity contribution is 0.478. The van der Waals surface area contributed by atoms with Crippen LogP contribution in [0.3, 0.4) is 0 Å². The maximum atomic E-state index is 5.63. The zero-order chi connectivity index (χ0) is 12.5. The molecule has 1 atom stereocenters. The highest BCUT2D eigenvalue weighted by Gasteiger charge is 2.09. The Morgan fingerprint density at radius 3 is 2.71 bits per heavy atom. The van der Waals surface area contributed by atoms with E-state index in [9.17, 15) is 0 Å². The Bertz CT molecular complexity index is 312. The standard InChI is InChI=1S/C14H25N3/c1-3-4-5-6-7-8-14(17-15)13-9-10-16-12(2)11-13/h9-11,14,17H,3-8,15H2,1-2H3. The van der Waals surface area contributed by atoms with Gasteiger partial charge in [0.05, 0.1) is 0 Å². The van der Waals surface area contributed by atoms with Crippen molar-refractivity contribution in [3.05, 3.63) is 29.6 Å². The first-order chi connectivity index (χ1) is 8.27. The van der Waals surface area contributed by atoms with E-state index in [0.29, 0.717) is 0 Å². The zero-order valence-electron chi connectivity index (χ0n) is 11.1. The lowest BCUT2D eigenvalue weighted by Crippen LogP contribution is -2.28. The fourth-order valence-electron chi connectivity index (χ4n) is 2.08. The van der Waals surface area contributed by atoms with Crippen LogP contribution in [0.2, 0.25) is 0 Å². The molecule has 0 radical (unpaired) electrons. The third kappa shape index (κ3) is 5.29. The molecule has 1 heterocycles. The lowest BCUT2D eigenvalue weighted by Gasteiger charge is -2.16. The van der Waals surface area contributed by atoms with Gasteiger partial charge in [0.2, 0.25) is 0 Å². The van der Waals surface area contributed by atoms with Gasteiger partial charge in [0.1, 0.15) is 0 Å². The van der Waals surface area contributed by atoms with E-state index in [1.54, 1.807) is 0 Å². The summed E-state index contributed by atoms with van der Waals surface area (Å²) in [7, 11) is 0. The van der Waals surface area contributed by atoms with Gasteiger partial charge in [-0.3, -0.25) is 16.3 Å². The van der Waals surface area contributed by atoms with Crippen LogP contribution in [0.5, 0.6) is 0 Å². The summed E-state index contributed by atoms with van der Waals surface area (Å²) in [6.07, 6.45) is 9.46. The molecule has 0 saturated heterocycles. The molecule has 0 aliphatic heterocycles. The Balaban J connectivity index is 2.38. The molecule has 1 aromatic rings. The molecule has 0 aliphatic carbocycles. The third-order valence-electron chi connectivity index (χ3n) is 3.12. The number of nitrogens with two attached hydrogens (primary N) is 1. The average Bonchev–Trinajstić information content (AvgIpc) is 2.34. The van der Waals surface area contributed by atoms with E-state index in [1.165, 1.54) is 37.7 Å². The minimum Gasteiger partial charge on any atom is -0.271 e. The SMILES string of the molecule is CCCCCCCC(NN)c1ccnc(C)c1. The maximum Gasteiger partial charge on any atom is 0.0461 e. The molecule has 0 bridgehead atoms. The minimum atomic E-state index is 0.262. The van der Waals surface area contributed by atoms with Crippen LogP contribution >= 0.6 is 0 Å². The second kappa shape index (κ2) is 8.20. The molecule has 0 fully saturated rings. The number of nitrogens with zero attached hydrogens (tertiary/aromatic N) is 1. The first-order valence-electron chi connectivity index (χ1n) is 6.66. The minimum absolute atomic E-state index is 0.262. The second-order valence-electron chi connectivity index (χ2n) is 4.65. The highest BCUT2D eigenvalue weighted by atomic mass is 15.2. The summed E-state index contributed by atoms with van der Waals surface area (Å²) in [5, 5.41) is 0. The van der Waals surface area contributed by atoms with Gasteiger partial charge in [-0.15, -0.1) is 0 Å². The van der Waals surface area contributed by atoms with Crippen LogP contribution in [0.4, 0.5) is 0 Å². The molecule has 17 heavy (non-hydrogen) atoms. The van der Waals surface area contributed by atoms with E-state index in [0.717, 1.165) is 12.1 Å². The predicted molar refractivity (Wildman–Crippen MR) is 72.4 cm³/mol. The fourth-order valence-corrected chi connectivity index (χ4v) is 2.08. The number of nitrogens with one attached hydrogen (secondary N) is 1. The maximum absolute atomic E-state index is 5.63. The number of rotatable bonds is 8. The van der Waals surface area contributed by atoms with Gasteiger partial charge in [-0.05, 0) is 31.0 Å². The number of unbranched alkanes of at least 4 members (excludes halogenated alkanes) is 4. The van der Waals surface area contributed by atoms with Gasteiger partial charge in [0, 0.05) is 17.9 Å². The predicted octanol–water partition coefficient (Wildman–Crippen LogP) is 3.25. The molecule has 1 aromatic heterocycles. The van der Waals surface area contributed by atoms with E-state index < -0.39 is 0 Å². The van der Waals surface area contributed by atoms with E-state index in [2.05, 4.69) is 23.4 Å². The van der Waals surface area contributed by atoms with Crippen molar-refractivity contribution >= 4 is 0 Å². The smallest absolute Gasteiger partial charge is 0.0461 e. The average molecular weight is 235 g/mol. The molecular formula is C14H25N3. The Labute approximate surface area is 105 Å². The van der Waals surface area contributed by atoms with Crippen LogP contribution in [0.25, 0.3) is 0 Å². The fraction of sp³-hybridized carbons (Fsp3) is 0.643. The molecule has 0 aliphatic rings. The van der Waals surface area contributed by atoms with Crippen LogP contribution in [0.1, 0.15) is 62.7 Å². The first-order valence-corrected chi connectivity index (χ1v) is 6.66. The molecule has 96 valence electrons. The van der Waals surface area contributed by atoms with Gasteiger partial charge in [0.15, 0.2) is 0 Å². The highest BCUT2D eigenvalue weighted by molar-refractivity contribution is 5.19. The quantitative estimate of drug-likeness (QED) is 0.413. The van der Waals surface area contributed by atoms with Gasteiger partial charge in [-0.25, -0.2) is 0 Å². The van der Waals surface area contributed by atoms with Gasteiger partial charge in [0.25, 0.3) is 0 Å². The molecule has 0 saturated carbocycles. The molecular weight excluding hydrogens is 210 g/mol. The summed E-state index contributed by atoms with van der Waals surface area (Å²) >= 11 is 0. The van der Waals surface area contributed by atoms with Crippen LogP contribution in [0, 0.1) is 6.92 Å². The van der Waals surface area contributed by atoms with Crippen molar-refractivity contribution in [2.75, 3.05) is 0 Å². The Morgan fingerprint density at radius 2 is 2.06 bits per heavy atom. The summed E-state index contributed by atoms with van der Waals surface area (Å²) in [5.41, 5.74) is 5.20. The summed E-state index contributed by atoms with van der Waals surface area (Å²) in [4.78, 5) is 4.21. The molecule has 1 unspecified atom stereocenters. The topological polar surface area (TPSA) is 50.9 Å². The van der Waals surface area contributed by atoms with Gasteiger partial charge in [-0.1, -0.05) is 39.0 Å². The van der Waals surface area contributed by atoms with Crippen LogP contribution in [0.15, 0.2) is 18.3 Å². The van der Waals surface area contributed by atoms with Crippen molar-refractivity contribution in [3.8, 4) is 0 Å². The number of aryl methyl sites for hydroxylation is 1. The third-order valence-corrected chi connectivity index (χ3v) is 3.12. The van der Waals surface area contributed by atoms with Crippen molar-refractivity contribution in [3.63, 3.8) is 0 Å². The Kier molecular flexibility index (Phi) is 6.82. The largest absolute Gasteiger partial charge is 0.271 e. The molecule has 3 nitrogen and oxygen atoms in total. The molecule has 3 N–H and O–H groups in total. The van der Waals surface area contributed by atoms with E-state index in [4.69, 9.17) is 5.84 Å². The molecule has 3 heteroatoms. The molecule has 0 spiro atoms. The normalized spacial score (nSPS) is 12.6. The Morgan fingerprint density at radius 1 is 1.29 bits per heavy atom. The summed E-state index contributed by atoms with van der Waals surface area (Å²) in [6.45, 7) is 4.25. The number of aromatic nitrogens is 1. The van der Waals surface area contributed by atoms with Crippen LogP contribution in [-0.2, 0) is 0 Å². The number of hydrogen-bond acceptors (Lipinski definition) is 3. The highest BCUT2D eigenvalue weighted by Crippen LogP contribution is 2.19.